The molecule has 0 N–H and O–H groups in total. The first-order chi connectivity index (χ1) is 12.0. The number of carbonyl (C=O) groups is 1. The van der Waals surface area contributed by atoms with Gasteiger partial charge < -0.3 is 4.90 Å². The van der Waals surface area contributed by atoms with Crippen molar-refractivity contribution < 1.29 is 4.79 Å². The third-order valence-electron chi connectivity index (χ3n) is 4.92. The molecule has 25 heavy (non-hydrogen) atoms. The normalized spacial score (nSPS) is 20.0. The molecule has 1 fully saturated rings. The van der Waals surface area contributed by atoms with Gasteiger partial charge in [-0.05, 0) is 70.0 Å². The maximum Gasteiger partial charge on any atom is 0.253 e. The molecule has 0 atom stereocenters. The Hall–Kier alpha value is -1.50. The van der Waals surface area contributed by atoms with Gasteiger partial charge in [-0.2, -0.15) is 0 Å². The Morgan fingerprint density at radius 3 is 2.40 bits per heavy atom. The lowest BCUT2D eigenvalue weighted by atomic mass is 9.85. The summed E-state index contributed by atoms with van der Waals surface area (Å²) in [5.74, 6) is 7.30. The minimum absolute atomic E-state index is 0.0763. The summed E-state index contributed by atoms with van der Waals surface area (Å²) in [6.45, 7) is 4.13. The predicted molar refractivity (Wildman–Crippen MR) is 105 cm³/mol. The maximum atomic E-state index is 12.6. The number of carbonyl (C=O) groups excluding carboxylic acids is 1. The molecular formula is C21H29ClN2O. The Balaban J connectivity index is 1.82. The third kappa shape index (κ3) is 6.06. The lowest BCUT2D eigenvalue weighted by molar-refractivity contribution is 0.0686. The molecule has 2 rings (SSSR count). The van der Waals surface area contributed by atoms with Crippen molar-refractivity contribution in [3.63, 3.8) is 0 Å². The number of nitrogens with zero attached hydrogens (tertiary/aromatic N) is 2. The van der Waals surface area contributed by atoms with Gasteiger partial charge in [-0.25, -0.2) is 0 Å². The fourth-order valence-corrected chi connectivity index (χ4v) is 3.48. The van der Waals surface area contributed by atoms with Crippen molar-refractivity contribution in [1.29, 1.82) is 0 Å². The molecule has 3 nitrogen and oxygen atoms in total. The Labute approximate surface area is 157 Å². The van der Waals surface area contributed by atoms with Gasteiger partial charge in [0.1, 0.15) is 0 Å². The molecule has 1 amide bonds. The molecule has 1 aromatic carbocycles. The van der Waals surface area contributed by atoms with Crippen LogP contribution in [0.2, 0.25) is 5.02 Å². The summed E-state index contributed by atoms with van der Waals surface area (Å²) in [5, 5.41) is 0.655. The molecule has 1 aliphatic rings. The minimum atomic E-state index is 0.0763. The summed E-state index contributed by atoms with van der Waals surface area (Å²) in [5.41, 5.74) is 0.702. The van der Waals surface area contributed by atoms with Crippen molar-refractivity contribution in [2.75, 3.05) is 27.2 Å². The average molecular weight is 361 g/mol. The molecule has 1 saturated carbocycles. The average Bonchev–Trinajstić information content (AvgIpc) is 2.62. The van der Waals surface area contributed by atoms with Crippen LogP contribution in [0.5, 0.6) is 0 Å². The van der Waals surface area contributed by atoms with E-state index in [1.54, 1.807) is 24.3 Å². The number of benzene rings is 1. The molecule has 136 valence electrons. The highest BCUT2D eigenvalue weighted by molar-refractivity contribution is 6.30. The molecule has 4 heteroatoms. The first-order valence-corrected chi connectivity index (χ1v) is 9.58. The quantitative estimate of drug-likeness (QED) is 0.730. The molecular weight excluding hydrogens is 332 g/mol. The second-order valence-electron chi connectivity index (χ2n) is 6.99. The molecule has 0 aromatic heterocycles. The van der Waals surface area contributed by atoms with Crippen LogP contribution in [-0.4, -0.2) is 48.9 Å². The Morgan fingerprint density at radius 1 is 1.16 bits per heavy atom. The molecule has 1 aromatic rings. The van der Waals surface area contributed by atoms with E-state index in [1.165, 1.54) is 0 Å². The van der Waals surface area contributed by atoms with E-state index < -0.39 is 0 Å². The summed E-state index contributed by atoms with van der Waals surface area (Å²) in [4.78, 5) is 16.7. The van der Waals surface area contributed by atoms with Gasteiger partial charge >= 0.3 is 0 Å². The van der Waals surface area contributed by atoms with Crippen LogP contribution in [0.25, 0.3) is 0 Å². The molecule has 0 radical (unpaired) electrons. The summed E-state index contributed by atoms with van der Waals surface area (Å²) in [7, 11) is 4.03. The number of halogens is 1. The fourth-order valence-electron chi connectivity index (χ4n) is 3.36. The molecule has 0 unspecified atom stereocenters. The standard InChI is InChI=1S/C21H29ClN2O/c1-4-15-23(2)16-5-6-17-7-13-20(14-8-17)24(3)21(25)18-9-11-19(22)12-10-18/h9-12,17,20H,4,7-8,13-16H2,1-3H3. The van der Waals surface area contributed by atoms with E-state index in [4.69, 9.17) is 11.6 Å². The van der Waals surface area contributed by atoms with Gasteiger partial charge in [0.2, 0.25) is 0 Å². The summed E-state index contributed by atoms with van der Waals surface area (Å²) >= 11 is 5.90. The van der Waals surface area contributed by atoms with Gasteiger partial charge in [0, 0.05) is 29.6 Å². The number of amides is 1. The van der Waals surface area contributed by atoms with Gasteiger partial charge in [0.15, 0.2) is 0 Å². The van der Waals surface area contributed by atoms with E-state index in [0.29, 0.717) is 22.5 Å². The van der Waals surface area contributed by atoms with E-state index in [9.17, 15) is 4.79 Å². The van der Waals surface area contributed by atoms with E-state index in [0.717, 1.165) is 45.2 Å². The van der Waals surface area contributed by atoms with Gasteiger partial charge in [-0.3, -0.25) is 9.69 Å². The van der Waals surface area contributed by atoms with Crippen LogP contribution in [0.3, 0.4) is 0 Å². The van der Waals surface area contributed by atoms with Crippen molar-refractivity contribution >= 4 is 17.5 Å². The minimum Gasteiger partial charge on any atom is -0.339 e. The predicted octanol–water partition coefficient (Wildman–Crippen LogP) is 4.32. The zero-order chi connectivity index (χ0) is 18.2. The zero-order valence-corrected chi connectivity index (χ0v) is 16.4. The molecule has 0 aliphatic heterocycles. The van der Waals surface area contributed by atoms with E-state index in [-0.39, 0.29) is 5.91 Å². The number of hydrogen-bond acceptors (Lipinski definition) is 2. The molecule has 0 heterocycles. The lowest BCUT2D eigenvalue weighted by Gasteiger charge is -2.33. The van der Waals surface area contributed by atoms with Crippen molar-refractivity contribution in [2.45, 2.75) is 45.1 Å². The fraction of sp³-hybridized carbons (Fsp3) is 0.571. The van der Waals surface area contributed by atoms with Crippen LogP contribution in [0.1, 0.15) is 49.4 Å². The Bertz CT molecular complexity index is 609. The molecule has 0 saturated heterocycles. The van der Waals surface area contributed by atoms with Crippen molar-refractivity contribution in [1.82, 2.24) is 9.80 Å². The first kappa shape index (κ1) is 19.8. The van der Waals surface area contributed by atoms with Gasteiger partial charge in [0.05, 0.1) is 6.54 Å². The number of rotatable bonds is 5. The van der Waals surface area contributed by atoms with Gasteiger partial charge in [0.25, 0.3) is 5.91 Å². The summed E-state index contributed by atoms with van der Waals surface area (Å²) in [6, 6.07) is 7.44. The van der Waals surface area contributed by atoms with Crippen LogP contribution in [0.4, 0.5) is 0 Å². The Kier molecular flexibility index (Phi) is 7.81. The van der Waals surface area contributed by atoms with Crippen LogP contribution in [-0.2, 0) is 0 Å². The highest BCUT2D eigenvalue weighted by atomic mass is 35.5. The zero-order valence-electron chi connectivity index (χ0n) is 15.6. The first-order valence-electron chi connectivity index (χ1n) is 9.21. The van der Waals surface area contributed by atoms with E-state index in [1.807, 2.05) is 11.9 Å². The largest absolute Gasteiger partial charge is 0.339 e. The highest BCUT2D eigenvalue weighted by Crippen LogP contribution is 2.27. The second kappa shape index (κ2) is 9.85. The van der Waals surface area contributed by atoms with Crippen LogP contribution in [0, 0.1) is 17.8 Å². The Morgan fingerprint density at radius 2 is 1.80 bits per heavy atom. The van der Waals surface area contributed by atoms with Crippen molar-refractivity contribution in [3.05, 3.63) is 34.9 Å². The molecule has 0 spiro atoms. The van der Waals surface area contributed by atoms with E-state index >= 15 is 0 Å². The summed E-state index contributed by atoms with van der Waals surface area (Å²) < 4.78 is 0. The van der Waals surface area contributed by atoms with Crippen LogP contribution >= 0.6 is 11.6 Å². The third-order valence-corrected chi connectivity index (χ3v) is 5.17. The molecule has 0 bridgehead atoms. The topological polar surface area (TPSA) is 23.6 Å². The monoisotopic (exact) mass is 360 g/mol. The smallest absolute Gasteiger partial charge is 0.253 e. The number of hydrogen-bond donors (Lipinski definition) is 0. The van der Waals surface area contributed by atoms with Gasteiger partial charge in [-0.15, -0.1) is 0 Å². The maximum absolute atomic E-state index is 12.6. The van der Waals surface area contributed by atoms with Crippen molar-refractivity contribution in [2.24, 2.45) is 5.92 Å². The van der Waals surface area contributed by atoms with Crippen molar-refractivity contribution in [3.8, 4) is 11.8 Å². The molecule has 1 aliphatic carbocycles. The second-order valence-corrected chi connectivity index (χ2v) is 7.42. The van der Waals surface area contributed by atoms with Crippen LogP contribution < -0.4 is 0 Å². The van der Waals surface area contributed by atoms with Crippen LogP contribution in [0.15, 0.2) is 24.3 Å². The summed E-state index contributed by atoms with van der Waals surface area (Å²) in [6.07, 6.45) is 5.37. The highest BCUT2D eigenvalue weighted by Gasteiger charge is 2.26. The van der Waals surface area contributed by atoms with Gasteiger partial charge in [-0.1, -0.05) is 30.4 Å². The lowest BCUT2D eigenvalue weighted by Crippen LogP contribution is -2.39. The SMILES string of the molecule is CCCN(C)CC#CC1CCC(N(C)C(=O)c2ccc(Cl)cc2)CC1. The van der Waals surface area contributed by atoms with E-state index in [2.05, 4.69) is 30.7 Å².